The van der Waals surface area contributed by atoms with Gasteiger partial charge in [-0.15, -0.1) is 11.8 Å². The molecule has 1 heterocycles. The summed E-state index contributed by atoms with van der Waals surface area (Å²) in [6.45, 7) is 2.10. The van der Waals surface area contributed by atoms with Crippen molar-refractivity contribution in [2.45, 2.75) is 29.9 Å². The summed E-state index contributed by atoms with van der Waals surface area (Å²) in [5, 5.41) is 13.0. The number of thioether (sulfide) groups is 1. The van der Waals surface area contributed by atoms with E-state index in [2.05, 4.69) is 18.1 Å². The van der Waals surface area contributed by atoms with E-state index in [1.165, 1.54) is 0 Å². The topological polar surface area (TPSA) is 41.6 Å². The predicted octanol–water partition coefficient (Wildman–Crippen LogP) is 2.20. The fourth-order valence-electron chi connectivity index (χ4n) is 1.02. The maximum atomic E-state index is 8.57. The van der Waals surface area contributed by atoms with Gasteiger partial charge in [0.15, 0.2) is 0 Å². The van der Waals surface area contributed by atoms with Gasteiger partial charge in [-0.2, -0.15) is 10.4 Å². The first-order valence-corrected chi connectivity index (χ1v) is 5.16. The zero-order valence-electron chi connectivity index (χ0n) is 7.90. The van der Waals surface area contributed by atoms with Crippen LogP contribution in [0.2, 0.25) is 0 Å². The molecule has 4 heteroatoms. The lowest BCUT2D eigenvalue weighted by molar-refractivity contribution is 0.766. The zero-order valence-corrected chi connectivity index (χ0v) is 8.71. The molecule has 0 bridgehead atoms. The first-order valence-electron chi connectivity index (χ1n) is 4.28. The van der Waals surface area contributed by atoms with Crippen molar-refractivity contribution in [2.75, 3.05) is 0 Å². The molecule has 3 nitrogen and oxygen atoms in total. The van der Waals surface area contributed by atoms with E-state index in [1.807, 2.05) is 19.4 Å². The molecule has 0 aromatic carbocycles. The van der Waals surface area contributed by atoms with E-state index in [1.54, 1.807) is 16.4 Å². The second-order valence-electron chi connectivity index (χ2n) is 2.86. The Kier molecular flexibility index (Phi) is 3.84. The Bertz CT molecular complexity index is 300. The molecule has 1 rings (SSSR count). The van der Waals surface area contributed by atoms with Gasteiger partial charge in [-0.05, 0) is 6.42 Å². The summed E-state index contributed by atoms with van der Waals surface area (Å²) >= 11 is 1.73. The molecular weight excluding hydrogens is 182 g/mol. The molecule has 0 radical (unpaired) electrons. The molecule has 0 amide bonds. The summed E-state index contributed by atoms with van der Waals surface area (Å²) in [7, 11) is 1.90. The van der Waals surface area contributed by atoms with Crippen molar-refractivity contribution in [1.29, 1.82) is 5.26 Å². The van der Waals surface area contributed by atoms with E-state index in [-0.39, 0.29) is 0 Å². The molecule has 0 aliphatic heterocycles. The van der Waals surface area contributed by atoms with Crippen LogP contribution < -0.4 is 0 Å². The highest BCUT2D eigenvalue weighted by atomic mass is 32.2. The summed E-state index contributed by atoms with van der Waals surface area (Å²) < 4.78 is 1.78. The van der Waals surface area contributed by atoms with Gasteiger partial charge in [0.1, 0.15) is 0 Å². The van der Waals surface area contributed by atoms with E-state index < -0.39 is 0 Å². The maximum Gasteiger partial charge on any atom is 0.0633 e. The Morgan fingerprint density at radius 3 is 3.00 bits per heavy atom. The Hall–Kier alpha value is -0.950. The fourth-order valence-corrected chi connectivity index (χ4v) is 2.05. The van der Waals surface area contributed by atoms with Crippen LogP contribution in [0.3, 0.4) is 0 Å². The number of hydrogen-bond acceptors (Lipinski definition) is 3. The van der Waals surface area contributed by atoms with Crippen molar-refractivity contribution < 1.29 is 0 Å². The second kappa shape index (κ2) is 4.93. The Morgan fingerprint density at radius 2 is 2.54 bits per heavy atom. The van der Waals surface area contributed by atoms with E-state index in [9.17, 15) is 0 Å². The van der Waals surface area contributed by atoms with Gasteiger partial charge in [0.2, 0.25) is 0 Å². The maximum absolute atomic E-state index is 8.57. The average molecular weight is 195 g/mol. The number of rotatable bonds is 4. The van der Waals surface area contributed by atoms with Crippen LogP contribution in [0.5, 0.6) is 0 Å². The molecule has 70 valence electrons. The Labute approximate surface area is 82.7 Å². The van der Waals surface area contributed by atoms with Gasteiger partial charge < -0.3 is 0 Å². The third-order valence-electron chi connectivity index (χ3n) is 1.76. The molecular formula is C9H13N3S. The number of aromatic nitrogens is 2. The van der Waals surface area contributed by atoms with Crippen LogP contribution in [-0.2, 0) is 7.05 Å². The summed E-state index contributed by atoms with van der Waals surface area (Å²) in [5.74, 6) is 0. The average Bonchev–Trinajstić information content (AvgIpc) is 2.50. The van der Waals surface area contributed by atoms with Crippen LogP contribution in [0.1, 0.15) is 19.8 Å². The Morgan fingerprint density at radius 1 is 1.77 bits per heavy atom. The lowest BCUT2D eigenvalue weighted by Crippen LogP contribution is -1.97. The van der Waals surface area contributed by atoms with E-state index >= 15 is 0 Å². The van der Waals surface area contributed by atoms with Gasteiger partial charge in [0.25, 0.3) is 0 Å². The van der Waals surface area contributed by atoms with Crippen LogP contribution >= 0.6 is 11.8 Å². The van der Waals surface area contributed by atoms with E-state index in [0.717, 1.165) is 11.3 Å². The van der Waals surface area contributed by atoms with Crippen molar-refractivity contribution in [3.63, 3.8) is 0 Å². The first-order chi connectivity index (χ1) is 6.26. The summed E-state index contributed by atoms with van der Waals surface area (Å²) in [5.41, 5.74) is 0. The minimum absolute atomic E-state index is 0.397. The molecule has 0 spiro atoms. The van der Waals surface area contributed by atoms with Crippen molar-refractivity contribution in [1.82, 2.24) is 9.78 Å². The molecule has 0 N–H and O–H groups in total. The third kappa shape index (κ3) is 3.11. The summed E-state index contributed by atoms with van der Waals surface area (Å²) in [6, 6.07) is 2.20. The van der Waals surface area contributed by atoms with Crippen LogP contribution in [0.25, 0.3) is 0 Å². The SMILES string of the molecule is CCC(CC#N)Sc1cnn(C)c1. The quantitative estimate of drug-likeness (QED) is 0.692. The predicted molar refractivity (Wildman–Crippen MR) is 53.4 cm³/mol. The highest BCUT2D eigenvalue weighted by molar-refractivity contribution is 8.00. The molecule has 1 atom stereocenters. The van der Waals surface area contributed by atoms with Gasteiger partial charge >= 0.3 is 0 Å². The highest BCUT2D eigenvalue weighted by Gasteiger charge is 2.08. The van der Waals surface area contributed by atoms with Gasteiger partial charge in [-0.1, -0.05) is 6.92 Å². The molecule has 1 aromatic rings. The third-order valence-corrected chi connectivity index (χ3v) is 3.07. The molecule has 0 saturated heterocycles. The van der Waals surface area contributed by atoms with Crippen molar-refractivity contribution in [3.8, 4) is 6.07 Å². The molecule has 0 saturated carbocycles. The number of aryl methyl sites for hydroxylation is 1. The minimum Gasteiger partial charge on any atom is -0.275 e. The van der Waals surface area contributed by atoms with Crippen LogP contribution in [0, 0.1) is 11.3 Å². The van der Waals surface area contributed by atoms with Gasteiger partial charge in [0, 0.05) is 29.8 Å². The normalized spacial score (nSPS) is 12.4. The van der Waals surface area contributed by atoms with E-state index in [0.29, 0.717) is 11.7 Å². The minimum atomic E-state index is 0.397. The summed E-state index contributed by atoms with van der Waals surface area (Å²) in [4.78, 5) is 1.14. The number of nitriles is 1. The van der Waals surface area contributed by atoms with Gasteiger partial charge in [0.05, 0.1) is 12.3 Å². The Balaban J connectivity index is 2.52. The number of hydrogen-bond donors (Lipinski definition) is 0. The van der Waals surface area contributed by atoms with Crippen LogP contribution in [-0.4, -0.2) is 15.0 Å². The number of nitrogens with zero attached hydrogens (tertiary/aromatic N) is 3. The first kappa shape index (κ1) is 10.1. The smallest absolute Gasteiger partial charge is 0.0633 e. The molecule has 13 heavy (non-hydrogen) atoms. The molecule has 0 fully saturated rings. The lowest BCUT2D eigenvalue weighted by Gasteiger charge is -2.07. The largest absolute Gasteiger partial charge is 0.275 e. The zero-order chi connectivity index (χ0) is 9.68. The lowest BCUT2D eigenvalue weighted by atomic mass is 10.3. The molecule has 1 unspecified atom stereocenters. The van der Waals surface area contributed by atoms with Crippen molar-refractivity contribution in [3.05, 3.63) is 12.4 Å². The van der Waals surface area contributed by atoms with Crippen molar-refractivity contribution >= 4 is 11.8 Å². The molecule has 0 aliphatic carbocycles. The van der Waals surface area contributed by atoms with Gasteiger partial charge in [-0.3, -0.25) is 4.68 Å². The van der Waals surface area contributed by atoms with Crippen molar-refractivity contribution in [2.24, 2.45) is 7.05 Å². The van der Waals surface area contributed by atoms with Crippen LogP contribution in [0.15, 0.2) is 17.3 Å². The van der Waals surface area contributed by atoms with E-state index in [4.69, 9.17) is 5.26 Å². The second-order valence-corrected chi connectivity index (χ2v) is 4.23. The fraction of sp³-hybridized carbons (Fsp3) is 0.556. The highest BCUT2D eigenvalue weighted by Crippen LogP contribution is 2.26. The van der Waals surface area contributed by atoms with Gasteiger partial charge in [-0.25, -0.2) is 0 Å². The molecule has 1 aromatic heterocycles. The standard InChI is InChI=1S/C9H13N3S/c1-3-8(4-5-10)13-9-6-11-12(2)7-9/h6-8H,3-4H2,1-2H3. The molecule has 0 aliphatic rings. The van der Waals surface area contributed by atoms with Crippen LogP contribution in [0.4, 0.5) is 0 Å². The summed E-state index contributed by atoms with van der Waals surface area (Å²) in [6.07, 6.45) is 5.44. The monoisotopic (exact) mass is 195 g/mol.